The SMILES string of the molecule is C#CC(CO)NCc1ccc(F)c(C)c1. The molecule has 0 aromatic heterocycles. The molecule has 15 heavy (non-hydrogen) atoms. The Balaban J connectivity index is 2.59. The summed E-state index contributed by atoms with van der Waals surface area (Å²) in [4.78, 5) is 0. The van der Waals surface area contributed by atoms with E-state index < -0.39 is 0 Å². The van der Waals surface area contributed by atoms with Gasteiger partial charge in [-0.1, -0.05) is 18.1 Å². The molecular weight excluding hydrogens is 193 g/mol. The molecule has 0 amide bonds. The van der Waals surface area contributed by atoms with Crippen LogP contribution in [0.5, 0.6) is 0 Å². The quantitative estimate of drug-likeness (QED) is 0.727. The summed E-state index contributed by atoms with van der Waals surface area (Å²) in [6.45, 7) is 2.14. The molecular formula is C12H14FNO. The third-order valence-electron chi connectivity index (χ3n) is 2.16. The Bertz CT molecular complexity index is 370. The number of aliphatic hydroxyl groups excluding tert-OH is 1. The molecule has 0 spiro atoms. The van der Waals surface area contributed by atoms with Crippen LogP contribution < -0.4 is 5.32 Å². The first-order valence-corrected chi connectivity index (χ1v) is 4.72. The van der Waals surface area contributed by atoms with Gasteiger partial charge in [0.25, 0.3) is 0 Å². The largest absolute Gasteiger partial charge is 0.394 e. The smallest absolute Gasteiger partial charge is 0.126 e. The highest BCUT2D eigenvalue weighted by atomic mass is 19.1. The van der Waals surface area contributed by atoms with Crippen LogP contribution in [-0.4, -0.2) is 17.8 Å². The first-order chi connectivity index (χ1) is 7.17. The molecule has 0 aliphatic carbocycles. The van der Waals surface area contributed by atoms with Crippen molar-refractivity contribution in [1.82, 2.24) is 5.32 Å². The number of halogens is 1. The topological polar surface area (TPSA) is 32.3 Å². The maximum atomic E-state index is 12.9. The van der Waals surface area contributed by atoms with Crippen LogP contribution in [0.1, 0.15) is 11.1 Å². The highest BCUT2D eigenvalue weighted by molar-refractivity contribution is 5.24. The Hall–Kier alpha value is -1.37. The molecule has 1 atom stereocenters. The average Bonchev–Trinajstić information content (AvgIpc) is 2.24. The second kappa shape index (κ2) is 5.50. The minimum Gasteiger partial charge on any atom is -0.394 e. The fourth-order valence-corrected chi connectivity index (χ4v) is 1.23. The molecule has 1 rings (SSSR count). The van der Waals surface area contributed by atoms with E-state index in [1.165, 1.54) is 6.07 Å². The summed E-state index contributed by atoms with van der Waals surface area (Å²) < 4.78 is 12.9. The molecule has 0 aliphatic heterocycles. The molecule has 1 aromatic carbocycles. The van der Waals surface area contributed by atoms with Crippen molar-refractivity contribution in [3.05, 3.63) is 35.1 Å². The molecule has 1 aromatic rings. The third kappa shape index (κ3) is 3.35. The number of hydrogen-bond donors (Lipinski definition) is 2. The standard InChI is InChI=1S/C12H14FNO/c1-3-11(8-15)14-7-10-4-5-12(13)9(2)6-10/h1,4-6,11,14-15H,7-8H2,2H3. The van der Waals surface area contributed by atoms with Gasteiger partial charge in [0, 0.05) is 6.54 Å². The van der Waals surface area contributed by atoms with Gasteiger partial charge in [-0.3, -0.25) is 5.32 Å². The van der Waals surface area contributed by atoms with Gasteiger partial charge in [0.15, 0.2) is 0 Å². The predicted octanol–water partition coefficient (Wildman–Crippen LogP) is 1.22. The van der Waals surface area contributed by atoms with E-state index in [9.17, 15) is 4.39 Å². The highest BCUT2D eigenvalue weighted by Gasteiger charge is 2.03. The van der Waals surface area contributed by atoms with Crippen molar-refractivity contribution in [3.8, 4) is 12.3 Å². The van der Waals surface area contributed by atoms with Crippen molar-refractivity contribution in [1.29, 1.82) is 0 Å². The molecule has 1 unspecified atom stereocenters. The van der Waals surface area contributed by atoms with Crippen molar-refractivity contribution in [2.75, 3.05) is 6.61 Å². The molecule has 2 nitrogen and oxygen atoms in total. The Kier molecular flexibility index (Phi) is 4.29. The average molecular weight is 207 g/mol. The molecule has 2 N–H and O–H groups in total. The van der Waals surface area contributed by atoms with Gasteiger partial charge in [-0.2, -0.15) is 0 Å². The van der Waals surface area contributed by atoms with Crippen LogP contribution in [-0.2, 0) is 6.54 Å². The van der Waals surface area contributed by atoms with Crippen LogP contribution in [0.2, 0.25) is 0 Å². The second-order valence-electron chi connectivity index (χ2n) is 3.37. The van der Waals surface area contributed by atoms with Gasteiger partial charge in [-0.05, 0) is 24.1 Å². The van der Waals surface area contributed by atoms with Crippen LogP contribution in [0.15, 0.2) is 18.2 Å². The lowest BCUT2D eigenvalue weighted by atomic mass is 10.1. The van der Waals surface area contributed by atoms with Crippen molar-refractivity contribution in [3.63, 3.8) is 0 Å². The maximum Gasteiger partial charge on any atom is 0.126 e. The molecule has 0 saturated heterocycles. The third-order valence-corrected chi connectivity index (χ3v) is 2.16. The van der Waals surface area contributed by atoms with E-state index in [0.29, 0.717) is 12.1 Å². The summed E-state index contributed by atoms with van der Waals surface area (Å²) in [5.74, 6) is 2.20. The molecule has 3 heteroatoms. The number of benzene rings is 1. The monoisotopic (exact) mass is 207 g/mol. The number of aliphatic hydroxyl groups is 1. The van der Waals surface area contributed by atoms with Crippen LogP contribution in [0.25, 0.3) is 0 Å². The van der Waals surface area contributed by atoms with E-state index in [1.807, 2.05) is 0 Å². The minimum atomic E-state index is -0.352. The lowest BCUT2D eigenvalue weighted by Crippen LogP contribution is -2.30. The van der Waals surface area contributed by atoms with Crippen LogP contribution in [0, 0.1) is 25.1 Å². The second-order valence-corrected chi connectivity index (χ2v) is 3.37. The molecule has 0 fully saturated rings. The zero-order chi connectivity index (χ0) is 11.3. The summed E-state index contributed by atoms with van der Waals surface area (Å²) in [7, 11) is 0. The van der Waals surface area contributed by atoms with Crippen LogP contribution in [0.3, 0.4) is 0 Å². The highest BCUT2D eigenvalue weighted by Crippen LogP contribution is 2.08. The minimum absolute atomic E-state index is 0.101. The van der Waals surface area contributed by atoms with Crippen molar-refractivity contribution in [2.45, 2.75) is 19.5 Å². The number of aryl methyl sites for hydroxylation is 1. The fraction of sp³-hybridized carbons (Fsp3) is 0.333. The number of nitrogens with one attached hydrogen (secondary N) is 1. The Morgan fingerprint density at radius 2 is 2.33 bits per heavy atom. The predicted molar refractivity (Wildman–Crippen MR) is 57.7 cm³/mol. The van der Waals surface area contributed by atoms with Gasteiger partial charge in [-0.25, -0.2) is 4.39 Å². The summed E-state index contributed by atoms with van der Waals surface area (Å²) >= 11 is 0. The van der Waals surface area contributed by atoms with Gasteiger partial charge in [-0.15, -0.1) is 6.42 Å². The van der Waals surface area contributed by atoms with E-state index in [0.717, 1.165) is 5.56 Å². The van der Waals surface area contributed by atoms with Gasteiger partial charge in [0.2, 0.25) is 0 Å². The lowest BCUT2D eigenvalue weighted by molar-refractivity contribution is 0.267. The van der Waals surface area contributed by atoms with Gasteiger partial charge >= 0.3 is 0 Å². The van der Waals surface area contributed by atoms with E-state index in [1.54, 1.807) is 19.1 Å². The van der Waals surface area contributed by atoms with E-state index in [4.69, 9.17) is 11.5 Å². The molecule has 0 radical (unpaired) electrons. The van der Waals surface area contributed by atoms with E-state index >= 15 is 0 Å². The van der Waals surface area contributed by atoms with Crippen molar-refractivity contribution < 1.29 is 9.50 Å². The van der Waals surface area contributed by atoms with Gasteiger partial charge < -0.3 is 5.11 Å². The summed E-state index contributed by atoms with van der Waals surface area (Å²) in [5, 5.41) is 11.8. The normalized spacial score (nSPS) is 12.1. The fourth-order valence-electron chi connectivity index (χ4n) is 1.23. The van der Waals surface area contributed by atoms with E-state index in [2.05, 4.69) is 11.2 Å². The zero-order valence-corrected chi connectivity index (χ0v) is 8.63. The molecule has 0 bridgehead atoms. The first-order valence-electron chi connectivity index (χ1n) is 4.72. The zero-order valence-electron chi connectivity index (χ0n) is 8.63. The number of rotatable bonds is 4. The van der Waals surface area contributed by atoms with Crippen LogP contribution in [0.4, 0.5) is 4.39 Å². The van der Waals surface area contributed by atoms with E-state index in [-0.39, 0.29) is 18.5 Å². The van der Waals surface area contributed by atoms with Gasteiger partial charge in [0.1, 0.15) is 5.82 Å². The summed E-state index contributed by atoms with van der Waals surface area (Å²) in [6, 6.07) is 4.53. The Labute approximate surface area is 89.1 Å². The molecule has 0 saturated carbocycles. The molecule has 0 heterocycles. The summed E-state index contributed by atoms with van der Waals surface area (Å²) in [6.07, 6.45) is 5.17. The Morgan fingerprint density at radius 1 is 1.60 bits per heavy atom. The van der Waals surface area contributed by atoms with Crippen molar-refractivity contribution in [2.24, 2.45) is 0 Å². The lowest BCUT2D eigenvalue weighted by Gasteiger charge is -2.10. The number of terminal acetylenes is 1. The molecule has 80 valence electrons. The summed E-state index contributed by atoms with van der Waals surface area (Å²) in [5.41, 5.74) is 1.55. The molecule has 0 aliphatic rings. The van der Waals surface area contributed by atoms with Gasteiger partial charge in [0.05, 0.1) is 12.6 Å². The van der Waals surface area contributed by atoms with Crippen molar-refractivity contribution >= 4 is 0 Å². The van der Waals surface area contributed by atoms with Crippen LogP contribution >= 0.6 is 0 Å². The number of hydrogen-bond acceptors (Lipinski definition) is 2. The maximum absolute atomic E-state index is 12.9. The first kappa shape index (κ1) is 11.7. The Morgan fingerprint density at radius 3 is 2.87 bits per heavy atom.